The molecular formula is C13H15ClO4. The van der Waals surface area contributed by atoms with Crippen LogP contribution in [0.1, 0.15) is 29.8 Å². The highest BCUT2D eigenvalue weighted by molar-refractivity contribution is 6.41. The zero-order valence-corrected chi connectivity index (χ0v) is 11.3. The molecule has 0 saturated carbocycles. The van der Waals surface area contributed by atoms with E-state index in [-0.39, 0.29) is 12.2 Å². The van der Waals surface area contributed by atoms with Gasteiger partial charge in [0.2, 0.25) is 0 Å². The normalized spacial score (nSPS) is 10.0. The number of carbonyl (C=O) groups excluding carboxylic acids is 2. The molecule has 0 heterocycles. The van der Waals surface area contributed by atoms with E-state index < -0.39 is 11.8 Å². The molecule has 0 N–H and O–H groups in total. The predicted octanol–water partition coefficient (Wildman–Crippen LogP) is 2.66. The molecule has 1 aromatic rings. The zero-order chi connectivity index (χ0) is 13.7. The Hall–Kier alpha value is -1.55. The van der Waals surface area contributed by atoms with E-state index >= 15 is 0 Å². The van der Waals surface area contributed by atoms with Crippen molar-refractivity contribution < 1.29 is 19.1 Å². The number of ketones is 1. The topological polar surface area (TPSA) is 52.6 Å². The molecule has 0 aliphatic rings. The lowest BCUT2D eigenvalue weighted by Gasteiger charge is -2.10. The predicted molar refractivity (Wildman–Crippen MR) is 68.3 cm³/mol. The molecule has 1 rings (SSSR count). The van der Waals surface area contributed by atoms with Gasteiger partial charge in [0.25, 0.3) is 5.78 Å². The average Bonchev–Trinajstić information content (AvgIpc) is 2.36. The third-order valence-electron chi connectivity index (χ3n) is 2.43. The van der Waals surface area contributed by atoms with Crippen molar-refractivity contribution in [2.75, 3.05) is 13.7 Å². The highest BCUT2D eigenvalue weighted by atomic mass is 35.5. The second-order valence-electron chi connectivity index (χ2n) is 3.55. The smallest absolute Gasteiger partial charge is 0.379 e. The molecule has 0 aliphatic carbocycles. The molecule has 0 fully saturated rings. The van der Waals surface area contributed by atoms with Gasteiger partial charge in [-0.05, 0) is 31.0 Å². The number of methoxy groups -OCH3 is 1. The number of esters is 1. The molecule has 0 aliphatic heterocycles. The van der Waals surface area contributed by atoms with Crippen LogP contribution in [-0.2, 0) is 16.0 Å². The lowest BCUT2D eigenvalue weighted by atomic mass is 10.0. The lowest BCUT2D eigenvalue weighted by molar-refractivity contribution is -0.137. The second-order valence-corrected chi connectivity index (χ2v) is 3.96. The molecule has 0 aromatic heterocycles. The molecule has 1 aromatic carbocycles. The van der Waals surface area contributed by atoms with Gasteiger partial charge in [-0.15, -0.1) is 0 Å². The highest BCUT2D eigenvalue weighted by Gasteiger charge is 2.20. The maximum atomic E-state index is 11.8. The van der Waals surface area contributed by atoms with E-state index in [9.17, 15) is 9.59 Å². The Labute approximate surface area is 111 Å². The van der Waals surface area contributed by atoms with E-state index in [1.54, 1.807) is 13.0 Å². The molecule has 0 atom stereocenters. The molecule has 0 saturated heterocycles. The number of benzene rings is 1. The number of hydrogen-bond acceptors (Lipinski definition) is 4. The molecule has 0 spiro atoms. The van der Waals surface area contributed by atoms with Crippen LogP contribution in [0.15, 0.2) is 12.1 Å². The van der Waals surface area contributed by atoms with Gasteiger partial charge >= 0.3 is 5.97 Å². The minimum absolute atomic E-state index is 0.162. The fourth-order valence-corrected chi connectivity index (χ4v) is 1.90. The van der Waals surface area contributed by atoms with Gasteiger partial charge in [-0.3, -0.25) is 4.79 Å². The summed E-state index contributed by atoms with van der Waals surface area (Å²) in [5.41, 5.74) is 0.994. The first-order valence-electron chi connectivity index (χ1n) is 5.62. The molecule has 0 bridgehead atoms. The van der Waals surface area contributed by atoms with Gasteiger partial charge in [0.1, 0.15) is 5.75 Å². The van der Waals surface area contributed by atoms with Crippen LogP contribution in [0.2, 0.25) is 5.02 Å². The van der Waals surface area contributed by atoms with Crippen molar-refractivity contribution in [3.05, 3.63) is 28.3 Å². The van der Waals surface area contributed by atoms with Crippen LogP contribution in [0, 0.1) is 0 Å². The molecule has 4 nitrogen and oxygen atoms in total. The molecule has 0 radical (unpaired) electrons. The lowest BCUT2D eigenvalue weighted by Crippen LogP contribution is -2.17. The number of halogens is 1. The van der Waals surface area contributed by atoms with Crippen LogP contribution >= 0.6 is 11.6 Å². The molecule has 0 amide bonds. The number of hydrogen-bond donors (Lipinski definition) is 0. The molecule has 0 unspecified atom stereocenters. The van der Waals surface area contributed by atoms with Crippen molar-refractivity contribution >= 4 is 23.4 Å². The standard InChI is InChI=1S/C13H15ClO4/c1-4-8-6-9(7-10(14)12(8)17-3)11(15)13(16)18-5-2/h6-7H,4-5H2,1-3H3. The van der Waals surface area contributed by atoms with E-state index in [0.29, 0.717) is 17.2 Å². The maximum absolute atomic E-state index is 11.8. The Bertz CT molecular complexity index is 468. The number of aryl methyl sites for hydroxylation is 1. The Balaban J connectivity index is 3.15. The fourth-order valence-electron chi connectivity index (χ4n) is 1.59. The van der Waals surface area contributed by atoms with Crippen molar-refractivity contribution in [2.45, 2.75) is 20.3 Å². The number of ether oxygens (including phenoxy) is 2. The second kappa shape index (κ2) is 6.40. The van der Waals surface area contributed by atoms with Gasteiger partial charge in [0.05, 0.1) is 18.7 Å². The minimum Gasteiger partial charge on any atom is -0.495 e. The van der Waals surface area contributed by atoms with Crippen LogP contribution in [0.25, 0.3) is 0 Å². The summed E-state index contributed by atoms with van der Waals surface area (Å²) in [5.74, 6) is -1.04. The van der Waals surface area contributed by atoms with E-state index in [4.69, 9.17) is 16.3 Å². The summed E-state index contributed by atoms with van der Waals surface area (Å²) in [7, 11) is 1.51. The highest BCUT2D eigenvalue weighted by Crippen LogP contribution is 2.30. The zero-order valence-electron chi connectivity index (χ0n) is 10.6. The van der Waals surface area contributed by atoms with E-state index in [1.807, 2.05) is 6.92 Å². The van der Waals surface area contributed by atoms with Gasteiger partial charge in [0.15, 0.2) is 0 Å². The summed E-state index contributed by atoms with van der Waals surface area (Å²) in [6.45, 7) is 3.71. The first kappa shape index (κ1) is 14.5. The molecule has 98 valence electrons. The van der Waals surface area contributed by atoms with E-state index in [0.717, 1.165) is 5.56 Å². The SMILES string of the molecule is CCOC(=O)C(=O)c1cc(Cl)c(OC)c(CC)c1. The minimum atomic E-state index is -0.874. The Morgan fingerprint density at radius 3 is 2.44 bits per heavy atom. The molecule has 5 heteroatoms. The largest absolute Gasteiger partial charge is 0.495 e. The van der Waals surface area contributed by atoms with Crippen molar-refractivity contribution in [3.63, 3.8) is 0 Å². The van der Waals surface area contributed by atoms with Crippen molar-refractivity contribution in [1.29, 1.82) is 0 Å². The average molecular weight is 271 g/mol. The Morgan fingerprint density at radius 1 is 1.28 bits per heavy atom. The summed E-state index contributed by atoms with van der Waals surface area (Å²) in [5, 5.41) is 0.310. The maximum Gasteiger partial charge on any atom is 0.379 e. The summed E-state index contributed by atoms with van der Waals surface area (Å²) in [6, 6.07) is 3.02. The van der Waals surface area contributed by atoms with Gasteiger partial charge in [-0.2, -0.15) is 0 Å². The van der Waals surface area contributed by atoms with Crippen LogP contribution in [0.4, 0.5) is 0 Å². The molecule has 18 heavy (non-hydrogen) atoms. The van der Waals surface area contributed by atoms with Crippen LogP contribution in [0.5, 0.6) is 5.75 Å². The monoisotopic (exact) mass is 270 g/mol. The van der Waals surface area contributed by atoms with Gasteiger partial charge < -0.3 is 9.47 Å². The Morgan fingerprint density at radius 2 is 1.94 bits per heavy atom. The first-order valence-corrected chi connectivity index (χ1v) is 6.00. The number of Topliss-reactive ketones (excluding diaryl/α,β-unsaturated/α-hetero) is 1. The summed E-state index contributed by atoms with van der Waals surface area (Å²) in [4.78, 5) is 23.1. The van der Waals surface area contributed by atoms with Crippen LogP contribution in [0.3, 0.4) is 0 Å². The quantitative estimate of drug-likeness (QED) is 0.469. The molecular weight excluding hydrogens is 256 g/mol. The van der Waals surface area contributed by atoms with E-state index in [1.165, 1.54) is 13.2 Å². The first-order chi connectivity index (χ1) is 8.54. The van der Waals surface area contributed by atoms with E-state index in [2.05, 4.69) is 4.74 Å². The third kappa shape index (κ3) is 3.01. The van der Waals surface area contributed by atoms with Crippen LogP contribution in [-0.4, -0.2) is 25.5 Å². The Kier molecular flexibility index (Phi) is 5.16. The van der Waals surface area contributed by atoms with Crippen LogP contribution < -0.4 is 4.74 Å². The number of rotatable bonds is 5. The van der Waals surface area contributed by atoms with Gasteiger partial charge in [-0.1, -0.05) is 18.5 Å². The summed E-state index contributed by atoms with van der Waals surface area (Å²) in [6.07, 6.45) is 0.646. The van der Waals surface area contributed by atoms with Crippen molar-refractivity contribution in [3.8, 4) is 5.75 Å². The third-order valence-corrected chi connectivity index (χ3v) is 2.71. The van der Waals surface area contributed by atoms with Crippen molar-refractivity contribution in [1.82, 2.24) is 0 Å². The number of carbonyl (C=O) groups is 2. The van der Waals surface area contributed by atoms with Crippen molar-refractivity contribution in [2.24, 2.45) is 0 Å². The summed E-state index contributed by atoms with van der Waals surface area (Å²) >= 11 is 6.01. The van der Waals surface area contributed by atoms with Gasteiger partial charge in [-0.25, -0.2) is 4.79 Å². The van der Waals surface area contributed by atoms with Gasteiger partial charge in [0, 0.05) is 5.56 Å². The summed E-state index contributed by atoms with van der Waals surface area (Å²) < 4.78 is 9.82. The fraction of sp³-hybridized carbons (Fsp3) is 0.385.